The van der Waals surface area contributed by atoms with Crippen molar-refractivity contribution in [2.75, 3.05) is 19.8 Å². The van der Waals surface area contributed by atoms with Gasteiger partial charge in [-0.2, -0.15) is 0 Å². The Morgan fingerprint density at radius 2 is 2.05 bits per heavy atom. The van der Waals surface area contributed by atoms with Gasteiger partial charge in [-0.25, -0.2) is 0 Å². The second-order valence-electron chi connectivity index (χ2n) is 5.60. The summed E-state index contributed by atoms with van der Waals surface area (Å²) in [7, 11) is 0. The van der Waals surface area contributed by atoms with Gasteiger partial charge in [0.05, 0.1) is 19.3 Å². The third kappa shape index (κ3) is 5.21. The third-order valence-corrected chi connectivity index (χ3v) is 3.85. The third-order valence-electron chi connectivity index (χ3n) is 3.85. The topological polar surface area (TPSA) is 55.3 Å². The number of hydrogen-bond donors (Lipinski definition) is 2. The fourth-order valence-corrected chi connectivity index (χ4v) is 2.74. The number of hydrogen-bond acceptors (Lipinski definition) is 3. The summed E-state index contributed by atoms with van der Waals surface area (Å²) in [5, 5.41) is 11.0. The zero-order valence-electron chi connectivity index (χ0n) is 13.0. The van der Waals surface area contributed by atoms with Crippen LogP contribution in [0.3, 0.4) is 0 Å². The van der Waals surface area contributed by atoms with Crippen LogP contribution in [0.15, 0.2) is 18.2 Å². The average Bonchev–Trinajstić information content (AvgIpc) is 2.99. The van der Waals surface area contributed by atoms with Crippen molar-refractivity contribution < 1.29 is 19.9 Å². The van der Waals surface area contributed by atoms with Gasteiger partial charge in [0, 0.05) is 18.6 Å². The quantitative estimate of drug-likeness (QED) is 0.684. The zero-order valence-corrected chi connectivity index (χ0v) is 13.0. The molecule has 0 unspecified atom stereocenters. The molecule has 1 saturated carbocycles. The van der Waals surface area contributed by atoms with Gasteiger partial charge in [-0.15, -0.1) is 0 Å². The Bertz CT molecular complexity index is 416. The molecule has 0 bridgehead atoms. The van der Waals surface area contributed by atoms with Gasteiger partial charge in [0.25, 0.3) is 0 Å². The van der Waals surface area contributed by atoms with E-state index >= 15 is 0 Å². The Hall–Kier alpha value is -1.26. The lowest BCUT2D eigenvalue weighted by Crippen LogP contribution is -2.82. The molecule has 2 rings (SSSR count). The van der Waals surface area contributed by atoms with Crippen LogP contribution in [0.4, 0.5) is 0 Å². The minimum absolute atomic E-state index is 0.259. The van der Waals surface area contributed by atoms with Crippen molar-refractivity contribution in [1.29, 1.82) is 0 Å². The largest absolute Gasteiger partial charge is 0.490 e. The van der Waals surface area contributed by atoms with Crippen LogP contribution >= 0.6 is 0 Å². The van der Waals surface area contributed by atoms with Crippen LogP contribution in [0, 0.1) is 0 Å². The lowest BCUT2D eigenvalue weighted by atomic mass is 10.2. The summed E-state index contributed by atoms with van der Waals surface area (Å²) < 4.78 is 11.8. The molecule has 1 aliphatic carbocycles. The number of aliphatic hydroxyl groups excluding tert-OH is 1. The molecular formula is C17H28NO3+. The first-order valence-corrected chi connectivity index (χ1v) is 8.18. The number of ether oxygens (including phenoxy) is 2. The Morgan fingerprint density at radius 1 is 1.24 bits per heavy atom. The molecule has 21 heavy (non-hydrogen) atoms. The zero-order chi connectivity index (χ0) is 14.9. The summed E-state index contributed by atoms with van der Waals surface area (Å²) in [6.07, 6.45) is 6.04. The highest BCUT2D eigenvalue weighted by Gasteiger charge is 2.18. The molecular weight excluding hydrogens is 266 g/mol. The van der Waals surface area contributed by atoms with Gasteiger partial charge in [-0.3, -0.25) is 0 Å². The molecule has 0 amide bonds. The Balaban J connectivity index is 1.96. The smallest absolute Gasteiger partial charge is 0.161 e. The lowest BCUT2D eigenvalue weighted by molar-refractivity contribution is -0.671. The Morgan fingerprint density at radius 3 is 2.76 bits per heavy atom. The summed E-state index contributed by atoms with van der Waals surface area (Å²) in [6.45, 7) is 4.76. The van der Waals surface area contributed by atoms with E-state index < -0.39 is 0 Å². The van der Waals surface area contributed by atoms with Crippen molar-refractivity contribution >= 4 is 0 Å². The summed E-state index contributed by atoms with van der Waals surface area (Å²) in [5.74, 6) is 1.74. The van der Waals surface area contributed by atoms with Gasteiger partial charge in [0.1, 0.15) is 6.54 Å². The maximum Gasteiger partial charge on any atom is 0.161 e. The summed E-state index contributed by atoms with van der Waals surface area (Å²) in [6, 6.07) is 6.24. The van der Waals surface area contributed by atoms with Crippen molar-refractivity contribution in [3.8, 4) is 11.5 Å². The first-order valence-electron chi connectivity index (χ1n) is 8.18. The first-order chi connectivity index (χ1) is 10.3. The molecule has 4 heteroatoms. The van der Waals surface area contributed by atoms with Crippen molar-refractivity contribution in [2.45, 2.75) is 51.7 Å². The van der Waals surface area contributed by atoms with E-state index in [1.54, 1.807) is 0 Å². The number of aliphatic hydroxyl groups is 1. The molecule has 1 aromatic carbocycles. The molecule has 118 valence electrons. The fraction of sp³-hybridized carbons (Fsp3) is 0.647. The van der Waals surface area contributed by atoms with E-state index in [2.05, 4.69) is 17.4 Å². The van der Waals surface area contributed by atoms with E-state index in [1.165, 1.54) is 18.4 Å². The number of rotatable bonds is 9. The molecule has 0 saturated heterocycles. The highest BCUT2D eigenvalue weighted by atomic mass is 16.5. The van der Waals surface area contributed by atoms with Crippen LogP contribution in [0.2, 0.25) is 0 Å². The molecule has 3 N–H and O–H groups in total. The highest BCUT2D eigenvalue weighted by molar-refractivity contribution is 5.43. The molecule has 1 aromatic rings. The van der Waals surface area contributed by atoms with E-state index in [9.17, 15) is 0 Å². The van der Waals surface area contributed by atoms with Crippen LogP contribution in [-0.2, 0) is 6.54 Å². The fourth-order valence-electron chi connectivity index (χ4n) is 2.74. The van der Waals surface area contributed by atoms with E-state index in [4.69, 9.17) is 14.6 Å². The van der Waals surface area contributed by atoms with E-state index in [1.807, 2.05) is 13.0 Å². The molecule has 0 aliphatic heterocycles. The van der Waals surface area contributed by atoms with Crippen LogP contribution in [0.5, 0.6) is 11.5 Å². The normalized spacial score (nSPS) is 15.3. The van der Waals surface area contributed by atoms with Gasteiger partial charge in [0.15, 0.2) is 11.5 Å². The lowest BCUT2D eigenvalue weighted by Gasteiger charge is -2.17. The van der Waals surface area contributed by atoms with E-state index in [-0.39, 0.29) is 6.61 Å². The van der Waals surface area contributed by atoms with Crippen molar-refractivity contribution in [2.24, 2.45) is 0 Å². The van der Waals surface area contributed by atoms with Gasteiger partial charge in [0.2, 0.25) is 0 Å². The maximum atomic E-state index is 8.79. The van der Waals surface area contributed by atoms with Crippen molar-refractivity contribution in [3.63, 3.8) is 0 Å². The van der Waals surface area contributed by atoms with Gasteiger partial charge in [-0.05, 0) is 50.8 Å². The standard InChI is InChI=1S/C17H27NO3/c1-2-20-17-12-14(13-18-10-5-11-19)8-9-16(17)21-15-6-3-4-7-15/h8-9,12,15,18-19H,2-7,10-11,13H2,1H3/p+1. The molecule has 0 radical (unpaired) electrons. The summed E-state index contributed by atoms with van der Waals surface area (Å²) in [4.78, 5) is 0. The van der Waals surface area contributed by atoms with Crippen LogP contribution < -0.4 is 14.8 Å². The van der Waals surface area contributed by atoms with E-state index in [0.717, 1.165) is 43.9 Å². The predicted molar refractivity (Wildman–Crippen MR) is 82.7 cm³/mol. The van der Waals surface area contributed by atoms with Gasteiger partial charge < -0.3 is 19.9 Å². The number of quaternary nitrogens is 1. The SMILES string of the molecule is CCOc1cc(C[NH2+]CCCO)ccc1OC1CCCC1. The van der Waals surface area contributed by atoms with E-state index in [0.29, 0.717) is 12.7 Å². The molecule has 1 fully saturated rings. The van der Waals surface area contributed by atoms with Crippen LogP contribution in [0.25, 0.3) is 0 Å². The second kappa shape index (κ2) is 8.90. The monoisotopic (exact) mass is 294 g/mol. The molecule has 4 nitrogen and oxygen atoms in total. The van der Waals surface area contributed by atoms with Crippen molar-refractivity contribution in [3.05, 3.63) is 23.8 Å². The molecule has 0 aromatic heterocycles. The summed E-state index contributed by atoms with van der Waals surface area (Å²) in [5.41, 5.74) is 1.23. The molecule has 0 spiro atoms. The van der Waals surface area contributed by atoms with Gasteiger partial charge in [-0.1, -0.05) is 0 Å². The van der Waals surface area contributed by atoms with Gasteiger partial charge >= 0.3 is 0 Å². The molecule has 1 aliphatic rings. The Labute approximate surface area is 127 Å². The second-order valence-corrected chi connectivity index (χ2v) is 5.60. The minimum atomic E-state index is 0.259. The Kier molecular flexibility index (Phi) is 6.83. The van der Waals surface area contributed by atoms with Crippen molar-refractivity contribution in [1.82, 2.24) is 0 Å². The maximum absolute atomic E-state index is 8.79. The first kappa shape index (κ1) is 16.1. The predicted octanol–water partition coefficient (Wildman–Crippen LogP) is 1.85. The molecule has 0 heterocycles. The van der Waals surface area contributed by atoms with Crippen LogP contribution in [-0.4, -0.2) is 31.0 Å². The minimum Gasteiger partial charge on any atom is -0.490 e. The highest BCUT2D eigenvalue weighted by Crippen LogP contribution is 2.32. The number of benzene rings is 1. The average molecular weight is 294 g/mol. The summed E-state index contributed by atoms with van der Waals surface area (Å²) >= 11 is 0. The number of nitrogens with two attached hydrogens (primary N) is 1. The van der Waals surface area contributed by atoms with Crippen LogP contribution in [0.1, 0.15) is 44.6 Å². The molecule has 0 atom stereocenters.